The highest BCUT2D eigenvalue weighted by atomic mass is 79.9. The van der Waals surface area contributed by atoms with Crippen molar-refractivity contribution < 1.29 is 33.0 Å². The number of fused-ring (bicyclic) bond motifs is 11. The summed E-state index contributed by atoms with van der Waals surface area (Å²) in [4.78, 5) is 43.5. The molecule has 6 bridgehead atoms. The lowest BCUT2D eigenvalue weighted by molar-refractivity contribution is -0.142. The van der Waals surface area contributed by atoms with Gasteiger partial charge in [-0.25, -0.2) is 24.1 Å². The normalized spacial score (nSPS) is 27.5. The number of rotatable bonds is 1. The lowest BCUT2D eigenvalue weighted by atomic mass is 9.78. The van der Waals surface area contributed by atoms with Gasteiger partial charge < -0.3 is 28.8 Å². The van der Waals surface area contributed by atoms with Crippen LogP contribution in [0.3, 0.4) is 0 Å². The Bertz CT molecular complexity index is 1820. The van der Waals surface area contributed by atoms with Crippen LogP contribution in [0.1, 0.15) is 44.5 Å². The average Bonchev–Trinajstić information content (AvgIpc) is 3.64. The van der Waals surface area contributed by atoms with Crippen molar-refractivity contribution in [1.29, 1.82) is 0 Å². The van der Waals surface area contributed by atoms with Gasteiger partial charge in [-0.1, -0.05) is 26.0 Å². The maximum absolute atomic E-state index is 17.1. The van der Waals surface area contributed by atoms with Crippen molar-refractivity contribution >= 4 is 55.7 Å². The second-order valence-electron chi connectivity index (χ2n) is 12.6. The first-order valence-electron chi connectivity index (χ1n) is 15.7. The number of benzene rings is 1. The molecule has 2 fully saturated rings. The van der Waals surface area contributed by atoms with Crippen LogP contribution in [0.25, 0.3) is 22.1 Å². The SMILES string of the molecule is C[C@H]1COCCCc2nc(c3oc4ccccc4c3n2)N2C[C@H](C[C@H]2C(=O)O)Oc2ncc(Br)cc2[C@@]2(F)CCN(C[C@@H]2C)C1=O. The summed E-state index contributed by atoms with van der Waals surface area (Å²) >= 11 is 3.44. The summed E-state index contributed by atoms with van der Waals surface area (Å²) in [6, 6.07) is 8.21. The van der Waals surface area contributed by atoms with Gasteiger partial charge in [0.1, 0.15) is 34.7 Å². The summed E-state index contributed by atoms with van der Waals surface area (Å²) in [6.07, 6.45) is 2.18. The molecule has 1 N–H and O–H groups in total. The van der Waals surface area contributed by atoms with Crippen LogP contribution in [0.5, 0.6) is 5.88 Å². The number of hydrogen-bond donors (Lipinski definition) is 1. The molecule has 4 aromatic rings. The van der Waals surface area contributed by atoms with Crippen LogP contribution in [0.15, 0.2) is 45.4 Å². The van der Waals surface area contributed by atoms with E-state index in [0.29, 0.717) is 52.2 Å². The van der Waals surface area contributed by atoms with Crippen molar-refractivity contribution in [3.05, 3.63) is 52.4 Å². The van der Waals surface area contributed by atoms with E-state index in [2.05, 4.69) is 20.9 Å². The van der Waals surface area contributed by atoms with Gasteiger partial charge in [-0.2, -0.15) is 0 Å². The maximum atomic E-state index is 17.1. The minimum atomic E-state index is -1.82. The van der Waals surface area contributed by atoms with Crippen LogP contribution in [-0.4, -0.2) is 81.8 Å². The molecule has 2 saturated heterocycles. The number of carbonyl (C=O) groups is 2. The number of furan rings is 1. The number of aliphatic carboxylic acids is 1. The lowest BCUT2D eigenvalue weighted by Crippen LogP contribution is -2.50. The number of pyridine rings is 1. The molecule has 1 aromatic carbocycles. The summed E-state index contributed by atoms with van der Waals surface area (Å²) in [5, 5.41) is 11.2. The first kappa shape index (κ1) is 30.8. The first-order valence-corrected chi connectivity index (χ1v) is 16.5. The molecule has 0 unspecified atom stereocenters. The Morgan fingerprint density at radius 2 is 2.02 bits per heavy atom. The molecule has 0 aliphatic carbocycles. The van der Waals surface area contributed by atoms with Gasteiger partial charge in [-0.15, -0.1) is 0 Å². The minimum absolute atomic E-state index is 0.0665. The van der Waals surface area contributed by atoms with Gasteiger partial charge in [0.2, 0.25) is 11.8 Å². The standard InChI is InChI=1S/C33H35BrFN5O6/c1-18-17-44-11-5-8-26-37-27-22-6-3-4-7-25(22)46-28(27)29(38-26)40-16-21(13-24(40)32(42)43)45-30-23(12-20(34)14-36-30)33(35)9-10-39(31(18)41)15-19(33)2/h3-4,6-7,12,14,18-19,21,24H,5,8-11,13,15-17H2,1-2H3,(H,42,43)/t18-,19-,21-,24-,33+/m0/s1. The number of nitrogens with zero attached hydrogens (tertiary/aromatic N) is 5. The third-order valence-corrected chi connectivity index (χ3v) is 9.86. The highest BCUT2D eigenvalue weighted by molar-refractivity contribution is 9.10. The van der Waals surface area contributed by atoms with E-state index in [1.54, 1.807) is 29.0 Å². The van der Waals surface area contributed by atoms with Gasteiger partial charge >= 0.3 is 5.97 Å². The molecule has 11 nitrogen and oxygen atoms in total. The van der Waals surface area contributed by atoms with Crippen molar-refractivity contribution in [2.45, 2.75) is 57.3 Å². The summed E-state index contributed by atoms with van der Waals surface area (Å²) < 4.78 is 36.2. The topological polar surface area (TPSA) is 131 Å². The van der Waals surface area contributed by atoms with Crippen LogP contribution in [0.4, 0.5) is 10.2 Å². The van der Waals surface area contributed by atoms with Crippen molar-refractivity contribution in [2.75, 3.05) is 37.7 Å². The number of carbonyl (C=O) groups excluding carboxylic acids is 1. The number of alkyl halides is 1. The Balaban J connectivity index is 1.32. The Morgan fingerprint density at radius 1 is 1.20 bits per heavy atom. The van der Waals surface area contributed by atoms with E-state index in [1.165, 1.54) is 0 Å². The molecule has 242 valence electrons. The fourth-order valence-corrected chi connectivity index (χ4v) is 7.27. The highest BCUT2D eigenvalue weighted by Crippen LogP contribution is 2.46. The Hall–Kier alpha value is -3.84. The molecule has 0 saturated carbocycles. The number of para-hydroxylation sites is 1. The zero-order valence-electron chi connectivity index (χ0n) is 25.6. The van der Waals surface area contributed by atoms with E-state index >= 15 is 4.39 Å². The predicted molar refractivity (Wildman–Crippen MR) is 171 cm³/mol. The van der Waals surface area contributed by atoms with Crippen LogP contribution in [0, 0.1) is 11.8 Å². The zero-order chi connectivity index (χ0) is 32.2. The summed E-state index contributed by atoms with van der Waals surface area (Å²) in [5.41, 5.74) is 0.0699. The Kier molecular flexibility index (Phi) is 8.08. The monoisotopic (exact) mass is 695 g/mol. The third kappa shape index (κ3) is 5.46. The smallest absolute Gasteiger partial charge is 0.326 e. The van der Waals surface area contributed by atoms with E-state index in [1.807, 2.05) is 31.2 Å². The molecule has 1 amide bonds. The van der Waals surface area contributed by atoms with E-state index in [9.17, 15) is 14.7 Å². The molecule has 7 heterocycles. The van der Waals surface area contributed by atoms with Crippen molar-refractivity contribution in [3.63, 3.8) is 0 Å². The number of carboxylic acids is 1. The van der Waals surface area contributed by atoms with Crippen LogP contribution >= 0.6 is 15.9 Å². The van der Waals surface area contributed by atoms with Gasteiger partial charge in [-0.05, 0) is 40.5 Å². The molecular formula is C33H35BrFN5O6. The number of piperidine rings is 1. The molecule has 4 aliphatic heterocycles. The van der Waals surface area contributed by atoms with E-state index < -0.39 is 29.7 Å². The summed E-state index contributed by atoms with van der Waals surface area (Å²) in [5.74, 6) is -1.02. The molecule has 8 rings (SSSR count). The second-order valence-corrected chi connectivity index (χ2v) is 13.5. The molecule has 0 radical (unpaired) electrons. The average molecular weight is 697 g/mol. The zero-order valence-corrected chi connectivity index (χ0v) is 27.2. The van der Waals surface area contributed by atoms with Crippen LogP contribution < -0.4 is 9.64 Å². The van der Waals surface area contributed by atoms with Crippen molar-refractivity contribution in [1.82, 2.24) is 19.9 Å². The molecular weight excluding hydrogens is 661 g/mol. The van der Waals surface area contributed by atoms with Gasteiger partial charge in [0, 0.05) is 60.9 Å². The highest BCUT2D eigenvalue weighted by Gasteiger charge is 2.47. The number of ether oxygens (including phenoxy) is 2. The van der Waals surface area contributed by atoms with Gasteiger partial charge in [0.15, 0.2) is 11.4 Å². The largest absolute Gasteiger partial charge is 0.480 e. The number of hydrogen-bond acceptors (Lipinski definition) is 9. The van der Waals surface area contributed by atoms with Crippen molar-refractivity contribution in [2.24, 2.45) is 11.8 Å². The summed E-state index contributed by atoms with van der Waals surface area (Å²) in [6.45, 7) is 4.90. The Morgan fingerprint density at radius 3 is 2.83 bits per heavy atom. The van der Waals surface area contributed by atoms with Gasteiger partial charge in [0.25, 0.3) is 0 Å². The van der Waals surface area contributed by atoms with E-state index in [0.717, 1.165) is 5.39 Å². The number of halogens is 2. The minimum Gasteiger partial charge on any atom is -0.480 e. The number of aryl methyl sites for hydroxylation is 1. The van der Waals surface area contributed by atoms with Crippen molar-refractivity contribution in [3.8, 4) is 5.88 Å². The third-order valence-electron chi connectivity index (χ3n) is 9.42. The van der Waals surface area contributed by atoms with Crippen LogP contribution in [-0.2, 0) is 26.4 Å². The fraction of sp³-hybridized carbons (Fsp3) is 0.485. The van der Waals surface area contributed by atoms with Gasteiger partial charge in [0.05, 0.1) is 24.6 Å². The molecule has 4 aliphatic rings. The van der Waals surface area contributed by atoms with Crippen LogP contribution in [0.2, 0.25) is 0 Å². The molecule has 3 aromatic heterocycles. The molecule has 46 heavy (non-hydrogen) atoms. The Labute approximate surface area is 273 Å². The van der Waals surface area contributed by atoms with E-state index in [-0.39, 0.29) is 62.4 Å². The predicted octanol–water partition coefficient (Wildman–Crippen LogP) is 5.28. The maximum Gasteiger partial charge on any atom is 0.326 e. The number of amides is 1. The first-order chi connectivity index (χ1) is 22.1. The van der Waals surface area contributed by atoms with E-state index in [4.69, 9.17) is 23.9 Å². The summed E-state index contributed by atoms with van der Waals surface area (Å²) in [7, 11) is 0. The molecule has 13 heteroatoms. The second kappa shape index (κ2) is 12.1. The molecule has 5 atom stereocenters. The number of anilines is 1. The number of aromatic nitrogens is 3. The lowest BCUT2D eigenvalue weighted by Gasteiger charge is -2.42. The quantitative estimate of drug-likeness (QED) is 0.281. The fourth-order valence-electron chi connectivity index (χ4n) is 6.94. The number of carboxylic acid groups (broad SMARTS) is 1. The van der Waals surface area contributed by atoms with Gasteiger partial charge in [-0.3, -0.25) is 4.79 Å². The molecule has 0 spiro atoms.